The van der Waals surface area contributed by atoms with E-state index in [2.05, 4.69) is 22.9 Å². The number of hydrogen-bond donors (Lipinski definition) is 1. The molecule has 5 heterocycles. The van der Waals surface area contributed by atoms with Crippen molar-refractivity contribution in [1.29, 1.82) is 5.26 Å². The van der Waals surface area contributed by atoms with E-state index in [1.54, 1.807) is 12.3 Å². The Bertz CT molecular complexity index is 1570. The predicted molar refractivity (Wildman–Crippen MR) is 168 cm³/mol. The number of carbonyl (C=O) groups excluding carboxylic acids is 1. The van der Waals surface area contributed by atoms with E-state index in [9.17, 15) is 15.2 Å². The second-order valence-electron chi connectivity index (χ2n) is 13.0. The van der Waals surface area contributed by atoms with Crippen molar-refractivity contribution in [3.63, 3.8) is 0 Å². The Balaban J connectivity index is 1.39. The van der Waals surface area contributed by atoms with Crippen LogP contribution in [0.3, 0.4) is 0 Å². The molecule has 3 aliphatic rings. The summed E-state index contributed by atoms with van der Waals surface area (Å²) in [5, 5.41) is 19.8. The lowest BCUT2D eigenvalue weighted by Gasteiger charge is -2.38. The summed E-state index contributed by atoms with van der Waals surface area (Å²) >= 11 is 1.49. The van der Waals surface area contributed by atoms with Crippen molar-refractivity contribution >= 4 is 33.3 Å². The number of likely N-dealkylation sites (tertiary alicyclic amines) is 1. The molecule has 44 heavy (non-hydrogen) atoms. The van der Waals surface area contributed by atoms with E-state index in [0.29, 0.717) is 50.6 Å². The number of anilines is 1. The van der Waals surface area contributed by atoms with E-state index in [4.69, 9.17) is 18.9 Å². The first-order valence-electron chi connectivity index (χ1n) is 15.3. The zero-order chi connectivity index (χ0) is 31.1. The lowest BCUT2D eigenvalue weighted by Crippen LogP contribution is -2.50. The Kier molecular flexibility index (Phi) is 8.46. The van der Waals surface area contributed by atoms with Crippen LogP contribution in [0.1, 0.15) is 63.8 Å². The molecular weight excluding hydrogens is 580 g/mol. The van der Waals surface area contributed by atoms with Crippen molar-refractivity contribution in [3.8, 4) is 22.9 Å². The first-order valence-corrected chi connectivity index (χ1v) is 16.1. The number of thiophene rings is 1. The number of carbonyl (C=O) groups is 1. The molecule has 2 aromatic heterocycles. The molecule has 11 heteroatoms. The van der Waals surface area contributed by atoms with Crippen LogP contribution in [0.2, 0.25) is 0 Å². The molecule has 1 aromatic carbocycles. The molecular formula is C33H40N4O6S. The lowest BCUT2D eigenvalue weighted by atomic mass is 9.95. The van der Waals surface area contributed by atoms with Gasteiger partial charge in [-0.15, -0.1) is 11.3 Å². The van der Waals surface area contributed by atoms with E-state index in [1.165, 1.54) is 11.3 Å². The fourth-order valence-corrected chi connectivity index (χ4v) is 7.48. The summed E-state index contributed by atoms with van der Waals surface area (Å²) in [6.07, 6.45) is 4.70. The number of amides is 1. The van der Waals surface area contributed by atoms with E-state index in [0.717, 1.165) is 51.2 Å². The maximum Gasteiger partial charge on any atom is 0.410 e. The third kappa shape index (κ3) is 6.09. The maximum atomic E-state index is 13.7. The quantitative estimate of drug-likeness (QED) is 0.363. The largest absolute Gasteiger partial charge is 0.489 e. The van der Waals surface area contributed by atoms with Crippen LogP contribution in [0, 0.1) is 11.3 Å². The minimum Gasteiger partial charge on any atom is -0.489 e. The summed E-state index contributed by atoms with van der Waals surface area (Å²) in [5.74, 6) is 0.637. The first kappa shape index (κ1) is 30.6. The Morgan fingerprint density at radius 3 is 2.82 bits per heavy atom. The summed E-state index contributed by atoms with van der Waals surface area (Å²) in [6, 6.07) is 9.77. The minimum atomic E-state index is -0.642. The molecule has 0 saturated carbocycles. The number of benzene rings is 1. The van der Waals surface area contributed by atoms with Crippen molar-refractivity contribution in [2.45, 2.75) is 83.5 Å². The molecule has 3 aromatic rings. The highest BCUT2D eigenvalue weighted by Crippen LogP contribution is 2.48. The fourth-order valence-electron chi connectivity index (χ4n) is 6.48. The van der Waals surface area contributed by atoms with E-state index < -0.39 is 11.1 Å². The van der Waals surface area contributed by atoms with Gasteiger partial charge in [-0.2, -0.15) is 5.26 Å². The Hall–Kier alpha value is -3.43. The number of aliphatic hydroxyl groups is 1. The van der Waals surface area contributed by atoms with Gasteiger partial charge in [0, 0.05) is 47.5 Å². The number of nitriles is 1. The molecule has 2 fully saturated rings. The number of ether oxygens (including phenoxy) is 4. The number of fused-ring (bicyclic) bond motifs is 2. The molecule has 234 valence electrons. The van der Waals surface area contributed by atoms with Gasteiger partial charge in [0.2, 0.25) is 0 Å². The van der Waals surface area contributed by atoms with Gasteiger partial charge in [-0.1, -0.05) is 0 Å². The molecule has 0 aliphatic carbocycles. The van der Waals surface area contributed by atoms with Gasteiger partial charge in [0.25, 0.3) is 0 Å². The van der Waals surface area contributed by atoms with Crippen LogP contribution in [0.4, 0.5) is 10.5 Å². The Morgan fingerprint density at radius 2 is 2.09 bits per heavy atom. The van der Waals surface area contributed by atoms with Gasteiger partial charge in [-0.05, 0) is 71.6 Å². The van der Waals surface area contributed by atoms with Crippen LogP contribution < -0.4 is 9.64 Å². The van der Waals surface area contributed by atoms with Crippen LogP contribution in [-0.4, -0.2) is 77.5 Å². The van der Waals surface area contributed by atoms with Crippen LogP contribution >= 0.6 is 11.3 Å². The first-order chi connectivity index (χ1) is 21.1. The number of hydrogen-bond acceptors (Lipinski definition) is 10. The Labute approximate surface area is 262 Å². The SMILES string of the molecule is CC(C)(C)OC(=O)N1C[C@@H](N2CCOc3cc(C#N)cc(-c4ccnc5cc(CO)sc45)c32)C[C@@]1(C)CO[C@H]1CCCCO1. The summed E-state index contributed by atoms with van der Waals surface area (Å²) in [6.45, 7) is 10.1. The minimum absolute atomic E-state index is 0.0635. The molecule has 3 atom stereocenters. The van der Waals surface area contributed by atoms with E-state index in [-0.39, 0.29) is 25.0 Å². The molecule has 0 spiro atoms. The molecule has 3 aliphatic heterocycles. The van der Waals surface area contributed by atoms with Crippen molar-refractivity contribution in [1.82, 2.24) is 9.88 Å². The predicted octanol–water partition coefficient (Wildman–Crippen LogP) is 5.84. The average molecular weight is 621 g/mol. The highest BCUT2D eigenvalue weighted by atomic mass is 32.1. The summed E-state index contributed by atoms with van der Waals surface area (Å²) < 4.78 is 25.2. The van der Waals surface area contributed by atoms with Gasteiger partial charge in [-0.25, -0.2) is 4.79 Å². The zero-order valence-electron chi connectivity index (χ0n) is 25.8. The van der Waals surface area contributed by atoms with E-state index in [1.807, 2.05) is 43.9 Å². The standard InChI is InChI=1S/C33H40N4O6S/c1-32(2,3)43-31(39)37-18-22(16-33(37,4)20-42-28-7-5-6-11-41-28)36-10-12-40-27-14-21(17-34)13-25(29(27)36)24-8-9-35-26-15-23(19-38)44-30(24)26/h8-9,13-15,22,28,38H,5-7,10-12,16,18-20H2,1-4H3/t22-,28-,33-/m0/s1. The number of aliphatic hydroxyl groups excluding tert-OH is 1. The highest BCUT2D eigenvalue weighted by molar-refractivity contribution is 7.19. The summed E-state index contributed by atoms with van der Waals surface area (Å²) in [7, 11) is 0. The van der Waals surface area contributed by atoms with Crippen LogP contribution in [0.5, 0.6) is 5.75 Å². The van der Waals surface area contributed by atoms with Gasteiger partial charge in [0.05, 0.1) is 52.8 Å². The molecule has 1 amide bonds. The van der Waals surface area contributed by atoms with Crippen LogP contribution in [0.15, 0.2) is 30.5 Å². The lowest BCUT2D eigenvalue weighted by molar-refractivity contribution is -0.177. The maximum absolute atomic E-state index is 13.7. The highest BCUT2D eigenvalue weighted by Gasteiger charge is 2.49. The smallest absolute Gasteiger partial charge is 0.410 e. The molecule has 0 radical (unpaired) electrons. The Morgan fingerprint density at radius 1 is 1.25 bits per heavy atom. The van der Waals surface area contributed by atoms with Gasteiger partial charge in [-0.3, -0.25) is 9.88 Å². The number of aromatic nitrogens is 1. The number of rotatable bonds is 6. The van der Waals surface area contributed by atoms with Gasteiger partial charge in [0.1, 0.15) is 18.0 Å². The second kappa shape index (κ2) is 12.2. The topological polar surface area (TPSA) is 117 Å². The summed E-state index contributed by atoms with van der Waals surface area (Å²) in [5.41, 5.74) is 2.69. The molecule has 2 saturated heterocycles. The molecule has 6 rings (SSSR count). The number of pyridine rings is 1. The van der Waals surface area contributed by atoms with Crippen LogP contribution in [-0.2, 0) is 20.8 Å². The van der Waals surface area contributed by atoms with Crippen molar-refractivity contribution < 1.29 is 28.8 Å². The third-order valence-corrected chi connectivity index (χ3v) is 9.63. The third-order valence-electron chi connectivity index (χ3n) is 8.48. The van der Waals surface area contributed by atoms with Crippen LogP contribution in [0.25, 0.3) is 21.3 Å². The van der Waals surface area contributed by atoms with Gasteiger partial charge < -0.3 is 29.0 Å². The van der Waals surface area contributed by atoms with Crippen molar-refractivity contribution in [2.75, 3.05) is 37.8 Å². The normalized spacial score (nSPS) is 23.7. The molecule has 0 unspecified atom stereocenters. The summed E-state index contributed by atoms with van der Waals surface area (Å²) in [4.78, 5) is 23.2. The van der Waals surface area contributed by atoms with Gasteiger partial charge in [0.15, 0.2) is 6.29 Å². The van der Waals surface area contributed by atoms with Crippen molar-refractivity contribution in [3.05, 3.63) is 40.9 Å². The van der Waals surface area contributed by atoms with E-state index >= 15 is 0 Å². The van der Waals surface area contributed by atoms with Gasteiger partial charge >= 0.3 is 6.09 Å². The monoisotopic (exact) mass is 620 g/mol. The molecule has 1 N–H and O–H groups in total. The fraction of sp³-hybridized carbons (Fsp3) is 0.545. The zero-order valence-corrected chi connectivity index (χ0v) is 26.6. The molecule has 0 bridgehead atoms. The second-order valence-corrected chi connectivity index (χ2v) is 14.2. The number of nitrogens with zero attached hydrogens (tertiary/aromatic N) is 4. The van der Waals surface area contributed by atoms with Crippen molar-refractivity contribution in [2.24, 2.45) is 0 Å². The molecule has 10 nitrogen and oxygen atoms in total. The average Bonchev–Trinajstić information content (AvgIpc) is 3.60.